The number of rotatable bonds is 7. The van der Waals surface area contributed by atoms with Crippen molar-refractivity contribution in [2.75, 3.05) is 5.75 Å². The number of nitrogens with zero attached hydrogens (tertiary/aromatic N) is 2. The zero-order valence-electron chi connectivity index (χ0n) is 12.5. The summed E-state index contributed by atoms with van der Waals surface area (Å²) in [5, 5.41) is 12.8. The molecular weight excluding hydrogens is 284 g/mol. The minimum atomic E-state index is -0.251. The third-order valence-electron chi connectivity index (χ3n) is 3.60. The van der Waals surface area contributed by atoms with Gasteiger partial charge in [-0.05, 0) is 25.0 Å². The molecule has 0 unspecified atom stereocenters. The maximum atomic E-state index is 8.74. The minimum Gasteiger partial charge on any atom is -0.409 e. The van der Waals surface area contributed by atoms with E-state index in [-0.39, 0.29) is 5.41 Å². The van der Waals surface area contributed by atoms with Crippen LogP contribution in [0.5, 0.6) is 0 Å². The highest BCUT2D eigenvalue weighted by Crippen LogP contribution is 2.25. The van der Waals surface area contributed by atoms with Crippen molar-refractivity contribution in [2.45, 2.75) is 38.3 Å². The van der Waals surface area contributed by atoms with Crippen LogP contribution in [0.25, 0.3) is 11.0 Å². The van der Waals surface area contributed by atoms with Crippen molar-refractivity contribution in [1.29, 1.82) is 0 Å². The van der Waals surface area contributed by atoms with Gasteiger partial charge in [-0.1, -0.05) is 49.3 Å². The van der Waals surface area contributed by atoms with Gasteiger partial charge in [0.15, 0.2) is 5.16 Å². The van der Waals surface area contributed by atoms with Crippen LogP contribution >= 0.6 is 11.8 Å². The van der Waals surface area contributed by atoms with Crippen LogP contribution in [0.4, 0.5) is 0 Å². The number of nitrogens with one attached hydrogen (secondary N) is 1. The van der Waals surface area contributed by atoms with Gasteiger partial charge < -0.3 is 15.9 Å². The molecular formula is C15H22N4OS. The summed E-state index contributed by atoms with van der Waals surface area (Å²) in [7, 11) is 0. The molecule has 6 heteroatoms. The van der Waals surface area contributed by atoms with Crippen molar-refractivity contribution in [1.82, 2.24) is 9.97 Å². The third kappa shape index (κ3) is 4.14. The fraction of sp³-hybridized carbons (Fsp3) is 0.467. The summed E-state index contributed by atoms with van der Waals surface area (Å²) in [6.07, 6.45) is 3.02. The van der Waals surface area contributed by atoms with Crippen molar-refractivity contribution >= 4 is 28.6 Å². The first kappa shape index (κ1) is 15.7. The number of imidazole rings is 1. The number of aromatic nitrogens is 2. The van der Waals surface area contributed by atoms with E-state index in [1.807, 2.05) is 38.1 Å². The minimum absolute atomic E-state index is 0.251. The lowest BCUT2D eigenvalue weighted by molar-refractivity contribution is 0.304. The normalized spacial score (nSPS) is 13.0. The van der Waals surface area contributed by atoms with E-state index in [0.29, 0.717) is 5.84 Å². The SMILES string of the molecule is CC(C)(CCCCSc1nc2ccccc2[nH]1)/C(N)=N/O. The monoisotopic (exact) mass is 306 g/mol. The van der Waals surface area contributed by atoms with Crippen molar-refractivity contribution in [3.8, 4) is 0 Å². The summed E-state index contributed by atoms with van der Waals surface area (Å²) in [6, 6.07) is 8.04. The van der Waals surface area contributed by atoms with E-state index in [0.717, 1.165) is 41.2 Å². The Hall–Kier alpha value is -1.69. The van der Waals surface area contributed by atoms with Crippen LogP contribution in [0, 0.1) is 5.41 Å². The predicted molar refractivity (Wildman–Crippen MR) is 87.9 cm³/mol. The maximum Gasteiger partial charge on any atom is 0.166 e. The predicted octanol–water partition coefficient (Wildman–Crippen LogP) is 3.60. The van der Waals surface area contributed by atoms with Gasteiger partial charge in [-0.2, -0.15) is 0 Å². The van der Waals surface area contributed by atoms with Gasteiger partial charge >= 0.3 is 0 Å². The van der Waals surface area contributed by atoms with Crippen LogP contribution in [0.1, 0.15) is 33.1 Å². The van der Waals surface area contributed by atoms with Crippen molar-refractivity contribution < 1.29 is 5.21 Å². The average molecular weight is 306 g/mol. The molecule has 2 rings (SSSR count). The number of amidine groups is 1. The molecule has 0 aliphatic carbocycles. The Kier molecular flexibility index (Phi) is 5.12. The summed E-state index contributed by atoms with van der Waals surface area (Å²) < 4.78 is 0. The molecule has 0 bridgehead atoms. The number of fused-ring (bicyclic) bond motifs is 1. The van der Waals surface area contributed by atoms with E-state index in [1.54, 1.807) is 11.8 Å². The molecule has 0 radical (unpaired) electrons. The molecule has 1 aromatic heterocycles. The van der Waals surface area contributed by atoms with Gasteiger partial charge in [0.25, 0.3) is 0 Å². The lowest BCUT2D eigenvalue weighted by Gasteiger charge is -2.22. The molecule has 0 amide bonds. The Morgan fingerprint density at radius 1 is 1.38 bits per heavy atom. The third-order valence-corrected chi connectivity index (χ3v) is 4.56. The molecule has 0 saturated carbocycles. The van der Waals surface area contributed by atoms with E-state index in [1.165, 1.54) is 0 Å². The molecule has 1 heterocycles. The summed E-state index contributed by atoms with van der Waals surface area (Å²) in [4.78, 5) is 7.85. The highest BCUT2D eigenvalue weighted by Gasteiger charge is 2.22. The van der Waals surface area contributed by atoms with Crippen LogP contribution in [0.2, 0.25) is 0 Å². The van der Waals surface area contributed by atoms with Crippen LogP contribution in [0.3, 0.4) is 0 Å². The van der Waals surface area contributed by atoms with Gasteiger partial charge in [0.2, 0.25) is 0 Å². The standard InChI is InChI=1S/C15H22N4OS/c1-15(2,13(16)19-20)9-5-6-10-21-14-17-11-7-3-4-8-12(11)18-14/h3-4,7-8,20H,5-6,9-10H2,1-2H3,(H2,16,19)(H,17,18). The van der Waals surface area contributed by atoms with E-state index >= 15 is 0 Å². The fourth-order valence-corrected chi connectivity index (χ4v) is 2.99. The molecule has 0 spiro atoms. The number of unbranched alkanes of at least 4 members (excludes halogenated alkanes) is 1. The number of benzene rings is 1. The van der Waals surface area contributed by atoms with Gasteiger partial charge in [-0.3, -0.25) is 0 Å². The first-order valence-corrected chi connectivity index (χ1v) is 8.07. The van der Waals surface area contributed by atoms with Gasteiger partial charge in [0.05, 0.1) is 11.0 Å². The first-order chi connectivity index (χ1) is 10.0. The second-order valence-electron chi connectivity index (χ2n) is 5.73. The molecule has 0 aliphatic heterocycles. The molecule has 0 aliphatic rings. The molecule has 5 nitrogen and oxygen atoms in total. The summed E-state index contributed by atoms with van der Waals surface area (Å²) in [5.41, 5.74) is 7.51. The zero-order chi connectivity index (χ0) is 15.3. The van der Waals surface area contributed by atoms with E-state index in [2.05, 4.69) is 15.1 Å². The maximum absolute atomic E-state index is 8.74. The molecule has 0 atom stereocenters. The second kappa shape index (κ2) is 6.85. The number of nitrogens with two attached hydrogens (primary N) is 1. The number of H-pyrrole nitrogens is 1. The summed E-state index contributed by atoms with van der Waals surface area (Å²) in [6.45, 7) is 3.99. The van der Waals surface area contributed by atoms with Crippen molar-refractivity contribution in [3.63, 3.8) is 0 Å². The Balaban J connectivity index is 1.75. The summed E-state index contributed by atoms with van der Waals surface area (Å²) in [5.74, 6) is 1.30. The molecule has 4 N–H and O–H groups in total. The number of thioether (sulfide) groups is 1. The molecule has 1 aromatic carbocycles. The number of oxime groups is 1. The Morgan fingerprint density at radius 3 is 2.86 bits per heavy atom. The Labute approximate surface area is 129 Å². The smallest absolute Gasteiger partial charge is 0.166 e. The molecule has 21 heavy (non-hydrogen) atoms. The lowest BCUT2D eigenvalue weighted by atomic mass is 9.86. The van der Waals surface area contributed by atoms with E-state index in [9.17, 15) is 0 Å². The van der Waals surface area contributed by atoms with Gasteiger partial charge in [0.1, 0.15) is 5.84 Å². The van der Waals surface area contributed by atoms with E-state index in [4.69, 9.17) is 10.9 Å². The molecule has 114 valence electrons. The molecule has 0 fully saturated rings. The van der Waals surface area contributed by atoms with Gasteiger partial charge in [-0.15, -0.1) is 0 Å². The van der Waals surface area contributed by atoms with Crippen LogP contribution < -0.4 is 5.73 Å². The van der Waals surface area contributed by atoms with Crippen LogP contribution in [-0.2, 0) is 0 Å². The van der Waals surface area contributed by atoms with Gasteiger partial charge in [-0.25, -0.2) is 4.98 Å². The fourth-order valence-electron chi connectivity index (χ4n) is 2.10. The second-order valence-corrected chi connectivity index (χ2v) is 6.82. The lowest BCUT2D eigenvalue weighted by Crippen LogP contribution is -2.31. The molecule has 0 saturated heterocycles. The first-order valence-electron chi connectivity index (χ1n) is 7.08. The van der Waals surface area contributed by atoms with Crippen LogP contribution in [0.15, 0.2) is 34.6 Å². The van der Waals surface area contributed by atoms with E-state index < -0.39 is 0 Å². The highest BCUT2D eigenvalue weighted by atomic mass is 32.2. The van der Waals surface area contributed by atoms with Crippen molar-refractivity contribution in [3.05, 3.63) is 24.3 Å². The number of aromatic amines is 1. The van der Waals surface area contributed by atoms with Crippen LogP contribution in [-0.4, -0.2) is 26.8 Å². The quantitative estimate of drug-likeness (QED) is 0.182. The van der Waals surface area contributed by atoms with Gasteiger partial charge in [0, 0.05) is 11.2 Å². The highest BCUT2D eigenvalue weighted by molar-refractivity contribution is 7.99. The zero-order valence-corrected chi connectivity index (χ0v) is 13.3. The Morgan fingerprint density at radius 2 is 2.14 bits per heavy atom. The number of hydrogen-bond donors (Lipinski definition) is 3. The number of hydrogen-bond acceptors (Lipinski definition) is 4. The number of para-hydroxylation sites is 2. The summed E-state index contributed by atoms with van der Waals surface area (Å²) >= 11 is 1.73. The van der Waals surface area contributed by atoms with Crippen molar-refractivity contribution in [2.24, 2.45) is 16.3 Å². The molecule has 2 aromatic rings. The topological polar surface area (TPSA) is 87.3 Å². The average Bonchev–Trinajstić information content (AvgIpc) is 2.88. The largest absolute Gasteiger partial charge is 0.409 e. The Bertz CT molecular complexity index is 588.